The molecule has 0 radical (unpaired) electrons. The third-order valence-electron chi connectivity index (χ3n) is 3.59. The zero-order valence-corrected chi connectivity index (χ0v) is 16.5. The Kier molecular flexibility index (Phi) is 8.31. The van der Waals surface area contributed by atoms with E-state index in [1.807, 2.05) is 30.3 Å². The first-order chi connectivity index (χ1) is 14.4. The van der Waals surface area contributed by atoms with E-state index in [9.17, 15) is 30.7 Å². The zero-order chi connectivity index (χ0) is 23.1. The van der Waals surface area contributed by atoms with Crippen molar-refractivity contribution in [1.82, 2.24) is 5.32 Å². The lowest BCUT2D eigenvalue weighted by Crippen LogP contribution is -2.33. The summed E-state index contributed by atoms with van der Waals surface area (Å²) in [4.78, 5) is 0. The smallest absolute Gasteiger partial charge is 0.422 e. The minimum absolute atomic E-state index is 0.0422. The van der Waals surface area contributed by atoms with Gasteiger partial charge in [-0.05, 0) is 17.8 Å². The van der Waals surface area contributed by atoms with Gasteiger partial charge in [-0.2, -0.15) is 22.0 Å². The van der Waals surface area contributed by atoms with E-state index in [1.54, 1.807) is 0 Å². The van der Waals surface area contributed by atoms with Gasteiger partial charge in [0, 0.05) is 30.4 Å². The molecule has 170 valence electrons. The molecule has 0 atom stereocenters. The van der Waals surface area contributed by atoms with E-state index in [-0.39, 0.29) is 16.5 Å². The normalized spacial score (nSPS) is 11.9. The lowest BCUT2D eigenvalue weighted by molar-refractivity contribution is -0.153. The maximum absolute atomic E-state index is 13.1. The van der Waals surface area contributed by atoms with Gasteiger partial charge in [0.15, 0.2) is 18.3 Å². The van der Waals surface area contributed by atoms with Gasteiger partial charge in [-0.1, -0.05) is 30.3 Å². The number of hydrogen-bond donors (Lipinski definition) is 2. The number of nitrogens with one attached hydrogen (secondary N) is 2. The van der Waals surface area contributed by atoms with E-state index in [1.165, 1.54) is 0 Å². The maximum Gasteiger partial charge on any atom is 0.422 e. The third kappa shape index (κ3) is 8.87. The minimum atomic E-state index is -4.65. The molecule has 2 aromatic carbocycles. The summed E-state index contributed by atoms with van der Waals surface area (Å²) in [5, 5.41) is 5.58. The zero-order valence-electron chi connectivity index (χ0n) is 15.7. The SMILES string of the molecule is FC(F)C(F)(F)COc1cc(NC(=S)NCc2ccccc2)cc(OCC(F)(F)F)c1. The van der Waals surface area contributed by atoms with E-state index in [0.717, 1.165) is 23.8 Å². The minimum Gasteiger partial charge on any atom is -0.487 e. The first-order valence-electron chi connectivity index (χ1n) is 8.67. The van der Waals surface area contributed by atoms with Gasteiger partial charge in [-0.3, -0.25) is 0 Å². The lowest BCUT2D eigenvalue weighted by Gasteiger charge is -2.18. The van der Waals surface area contributed by atoms with Gasteiger partial charge >= 0.3 is 18.5 Å². The number of thiocarbonyl (C=S) groups is 1. The summed E-state index contributed by atoms with van der Waals surface area (Å²) in [5.74, 6) is -5.24. The summed E-state index contributed by atoms with van der Waals surface area (Å²) < 4.78 is 97.4. The van der Waals surface area contributed by atoms with Crippen LogP contribution in [0.2, 0.25) is 0 Å². The van der Waals surface area contributed by atoms with Crippen molar-refractivity contribution >= 4 is 23.0 Å². The van der Waals surface area contributed by atoms with Gasteiger partial charge in [-0.15, -0.1) is 0 Å². The molecule has 2 N–H and O–H groups in total. The fourth-order valence-corrected chi connectivity index (χ4v) is 2.36. The van der Waals surface area contributed by atoms with Gasteiger partial charge in [0.25, 0.3) is 0 Å². The quantitative estimate of drug-likeness (QED) is 0.380. The summed E-state index contributed by atoms with van der Waals surface area (Å²) in [7, 11) is 0. The Morgan fingerprint density at radius 2 is 1.48 bits per heavy atom. The fraction of sp³-hybridized carbons (Fsp3) is 0.316. The molecule has 12 heteroatoms. The standard InChI is InChI=1S/C19H17F7N2O2S/c20-16(21)18(22,23)10-29-14-6-13(7-15(8-14)30-11-19(24,25)26)28-17(31)27-9-12-4-2-1-3-5-12/h1-8,16H,9-11H2,(H2,27,28,31). The maximum atomic E-state index is 13.1. The van der Waals surface area contributed by atoms with Gasteiger partial charge < -0.3 is 20.1 Å². The number of rotatable bonds is 9. The van der Waals surface area contributed by atoms with Crippen molar-refractivity contribution < 1.29 is 40.2 Å². The first-order valence-corrected chi connectivity index (χ1v) is 9.07. The Morgan fingerprint density at radius 1 is 0.903 bits per heavy atom. The number of anilines is 1. The van der Waals surface area contributed by atoms with Crippen LogP contribution in [0.4, 0.5) is 36.4 Å². The number of alkyl halides is 7. The Hall–Kier alpha value is -2.76. The Balaban J connectivity index is 2.10. The second-order valence-electron chi connectivity index (χ2n) is 6.24. The molecular weight excluding hydrogens is 453 g/mol. The van der Waals surface area contributed by atoms with Gasteiger partial charge in [0.2, 0.25) is 0 Å². The molecule has 0 bridgehead atoms. The van der Waals surface area contributed by atoms with Crippen LogP contribution >= 0.6 is 12.2 Å². The number of hydrogen-bond acceptors (Lipinski definition) is 3. The average molecular weight is 470 g/mol. The largest absolute Gasteiger partial charge is 0.487 e. The molecule has 0 aliphatic heterocycles. The molecular formula is C19H17F7N2O2S. The number of halogens is 7. The van der Waals surface area contributed by atoms with Crippen LogP contribution in [0.15, 0.2) is 48.5 Å². The highest BCUT2D eigenvalue weighted by Crippen LogP contribution is 2.30. The Bertz CT molecular complexity index is 864. The van der Waals surface area contributed by atoms with Crippen LogP contribution in [0.1, 0.15) is 5.56 Å². The molecule has 0 heterocycles. The molecule has 2 rings (SSSR count). The molecule has 0 aliphatic carbocycles. The molecule has 4 nitrogen and oxygen atoms in total. The fourth-order valence-electron chi connectivity index (χ4n) is 2.17. The van der Waals surface area contributed by atoms with E-state index in [2.05, 4.69) is 20.1 Å². The topological polar surface area (TPSA) is 42.5 Å². The molecule has 31 heavy (non-hydrogen) atoms. The van der Waals surface area contributed by atoms with Crippen LogP contribution < -0.4 is 20.1 Å². The summed E-state index contributed by atoms with van der Waals surface area (Å²) in [5.41, 5.74) is 0.938. The summed E-state index contributed by atoms with van der Waals surface area (Å²) in [6, 6.07) is 12.2. The molecule has 0 saturated carbocycles. The van der Waals surface area contributed by atoms with E-state index in [4.69, 9.17) is 12.2 Å². The van der Waals surface area contributed by atoms with Crippen molar-refractivity contribution in [2.75, 3.05) is 18.5 Å². The number of ether oxygens (including phenoxy) is 2. The van der Waals surface area contributed by atoms with Gasteiger partial charge in [-0.25, -0.2) is 8.78 Å². The van der Waals surface area contributed by atoms with Crippen LogP contribution in [0.5, 0.6) is 11.5 Å². The average Bonchev–Trinajstić information content (AvgIpc) is 2.69. The van der Waals surface area contributed by atoms with E-state index in [0.29, 0.717) is 6.54 Å². The van der Waals surface area contributed by atoms with Crippen LogP contribution in [0.25, 0.3) is 0 Å². The molecule has 0 aliphatic rings. The molecule has 0 unspecified atom stereocenters. The molecule has 0 aromatic heterocycles. The predicted molar refractivity (Wildman–Crippen MR) is 104 cm³/mol. The predicted octanol–water partition coefficient (Wildman–Crippen LogP) is 5.39. The Morgan fingerprint density at radius 3 is 2.03 bits per heavy atom. The monoisotopic (exact) mass is 470 g/mol. The van der Waals surface area contributed by atoms with Crippen LogP contribution in [-0.2, 0) is 6.54 Å². The van der Waals surface area contributed by atoms with Crippen molar-refractivity contribution in [3.8, 4) is 11.5 Å². The van der Waals surface area contributed by atoms with Gasteiger partial charge in [0.05, 0.1) is 0 Å². The van der Waals surface area contributed by atoms with E-state index >= 15 is 0 Å². The summed E-state index contributed by atoms with van der Waals surface area (Å²) >= 11 is 5.10. The van der Waals surface area contributed by atoms with Crippen molar-refractivity contribution in [3.63, 3.8) is 0 Å². The highest BCUT2D eigenvalue weighted by molar-refractivity contribution is 7.80. The molecule has 0 fully saturated rings. The van der Waals surface area contributed by atoms with Crippen LogP contribution in [0.3, 0.4) is 0 Å². The second kappa shape index (κ2) is 10.5. The van der Waals surface area contributed by atoms with Crippen LogP contribution in [-0.4, -0.2) is 36.9 Å². The summed E-state index contributed by atoms with van der Waals surface area (Å²) in [6.45, 7) is -3.00. The van der Waals surface area contributed by atoms with Crippen molar-refractivity contribution in [3.05, 3.63) is 54.1 Å². The Labute approximate surface area is 178 Å². The highest BCUT2D eigenvalue weighted by atomic mass is 32.1. The molecule has 2 aromatic rings. The second-order valence-corrected chi connectivity index (χ2v) is 6.65. The lowest BCUT2D eigenvalue weighted by atomic mass is 10.2. The van der Waals surface area contributed by atoms with Crippen molar-refractivity contribution in [1.29, 1.82) is 0 Å². The molecule has 0 saturated heterocycles. The van der Waals surface area contributed by atoms with Crippen molar-refractivity contribution in [2.45, 2.75) is 25.1 Å². The molecule has 0 amide bonds. The van der Waals surface area contributed by atoms with E-state index < -0.39 is 37.5 Å². The third-order valence-corrected chi connectivity index (χ3v) is 3.83. The van der Waals surface area contributed by atoms with Gasteiger partial charge in [0.1, 0.15) is 11.5 Å². The van der Waals surface area contributed by atoms with Crippen molar-refractivity contribution in [2.24, 2.45) is 0 Å². The molecule has 0 spiro atoms. The summed E-state index contributed by atoms with van der Waals surface area (Å²) in [6.07, 6.45) is -8.62. The van der Waals surface area contributed by atoms with Crippen LogP contribution in [0, 0.1) is 0 Å². The first kappa shape index (κ1) is 24.5. The number of benzene rings is 2. The highest BCUT2D eigenvalue weighted by Gasteiger charge is 2.41.